The van der Waals surface area contributed by atoms with Crippen LogP contribution in [0.2, 0.25) is 0 Å². The number of aromatic hydroxyl groups is 1. The average Bonchev–Trinajstić information content (AvgIpc) is 2.69. The number of carboxylic acids is 1. The lowest BCUT2D eigenvalue weighted by atomic mass is 10.0. The third-order valence-corrected chi connectivity index (χ3v) is 8.33. The summed E-state index contributed by atoms with van der Waals surface area (Å²) in [6.07, 6.45) is 0. The van der Waals surface area contributed by atoms with Crippen LogP contribution in [0, 0.1) is 17.3 Å². The Labute approximate surface area is 216 Å². The molecule has 0 amide bonds. The summed E-state index contributed by atoms with van der Waals surface area (Å²) in [4.78, 5) is 19.9. The first-order chi connectivity index (χ1) is 14.0. The fraction of sp³-hybridized carbons (Fsp3) is 0.278. The molecule has 2 aromatic carbocycles. The monoisotopic (exact) mass is 768 g/mol. The van der Waals surface area contributed by atoms with Crippen molar-refractivity contribution in [1.82, 2.24) is 0 Å². The number of benzene rings is 2. The number of hydrogen-bond donors (Lipinski definition) is 1. The third kappa shape index (κ3) is 5.68. The first-order valence-electron chi connectivity index (χ1n) is 8.18. The largest absolute Gasteiger partial charge is 0.550 e. The van der Waals surface area contributed by atoms with Crippen LogP contribution in [-0.4, -0.2) is 28.1 Å². The number of carbonyl (C=O) groups is 1. The Morgan fingerprint density at radius 2 is 1.67 bits per heavy atom. The molecule has 0 aliphatic rings. The van der Waals surface area contributed by atoms with Gasteiger partial charge in [-0.05, 0) is 96.5 Å². The lowest BCUT2D eigenvalue weighted by molar-refractivity contribution is -0.492. The Kier molecular flexibility index (Phi) is 9.00. The quantitative estimate of drug-likeness (QED) is 0.136. The van der Waals surface area contributed by atoms with E-state index in [0.29, 0.717) is 24.0 Å². The maximum Gasteiger partial charge on any atom is 0.282 e. The fourth-order valence-corrected chi connectivity index (χ4v) is 5.23. The second kappa shape index (κ2) is 10.6. The summed E-state index contributed by atoms with van der Waals surface area (Å²) in [5.74, 6) is -1.74. The van der Waals surface area contributed by atoms with Crippen molar-refractivity contribution in [3.8, 4) is 23.0 Å². The van der Waals surface area contributed by atoms with Gasteiger partial charge < -0.3 is 24.5 Å². The number of carboxylic acid groups (broad SMARTS) is 1. The van der Waals surface area contributed by atoms with Crippen LogP contribution in [0.1, 0.15) is 28.8 Å². The summed E-state index contributed by atoms with van der Waals surface area (Å²) in [7, 11) is 1.36. The molecule has 0 saturated carbocycles. The molecule has 1 N–H and O–H groups in total. The molecular weight excluding hydrogens is 756 g/mol. The van der Waals surface area contributed by atoms with Gasteiger partial charge in [0.15, 0.2) is 17.2 Å². The predicted octanol–water partition coefficient (Wildman–Crippen LogP) is 4.69. The highest BCUT2D eigenvalue weighted by Gasteiger charge is 2.30. The maximum absolute atomic E-state index is 11.2. The summed E-state index contributed by atoms with van der Waals surface area (Å²) in [6.45, 7) is 1.53. The molecule has 3 atom stereocenters. The van der Waals surface area contributed by atoms with E-state index in [0.717, 1.165) is 0 Å². The Morgan fingerprint density at radius 1 is 1.13 bits per heavy atom. The standard InChI is InChI=1S/C18H15Br2I2NO7/c1-7(18(25)26)8-3-10(21)16(11(22)4-8)30-13-6-9(5-12(29-2)15(13)24)14(19)17(20)23(27)28/h3-7,14,17,24H,1-2H3,(H,25,26)/p-1. The van der Waals surface area contributed by atoms with Gasteiger partial charge in [-0.25, -0.2) is 0 Å². The van der Waals surface area contributed by atoms with Crippen molar-refractivity contribution in [3.63, 3.8) is 0 Å². The summed E-state index contributed by atoms with van der Waals surface area (Å²) in [5.41, 5.74) is 1.01. The minimum Gasteiger partial charge on any atom is -0.550 e. The second-order valence-electron chi connectivity index (χ2n) is 6.09. The van der Waals surface area contributed by atoms with Gasteiger partial charge in [0.1, 0.15) is 4.83 Å². The molecule has 0 spiro atoms. The Balaban J connectivity index is 2.51. The molecule has 0 saturated heterocycles. The topological polar surface area (TPSA) is 122 Å². The molecule has 0 aromatic heterocycles. The van der Waals surface area contributed by atoms with E-state index < -0.39 is 26.6 Å². The minimum absolute atomic E-state index is 0.0355. The molecule has 162 valence electrons. The van der Waals surface area contributed by atoms with Gasteiger partial charge in [0.05, 0.1) is 14.3 Å². The third-order valence-electron chi connectivity index (χ3n) is 4.13. The van der Waals surface area contributed by atoms with Gasteiger partial charge in [0, 0.05) is 16.8 Å². The molecule has 0 bridgehead atoms. The average molecular weight is 770 g/mol. The zero-order chi connectivity index (χ0) is 22.7. The van der Waals surface area contributed by atoms with Crippen molar-refractivity contribution in [2.75, 3.05) is 7.11 Å². The Bertz CT molecular complexity index is 966. The van der Waals surface area contributed by atoms with Crippen LogP contribution >= 0.6 is 77.0 Å². The molecule has 0 aliphatic heterocycles. The van der Waals surface area contributed by atoms with Crippen molar-refractivity contribution < 1.29 is 29.4 Å². The van der Waals surface area contributed by atoms with Gasteiger partial charge >= 0.3 is 0 Å². The van der Waals surface area contributed by atoms with Crippen molar-refractivity contribution in [2.45, 2.75) is 22.6 Å². The van der Waals surface area contributed by atoms with Gasteiger partial charge in [-0.3, -0.25) is 10.1 Å². The van der Waals surface area contributed by atoms with Crippen LogP contribution in [0.3, 0.4) is 0 Å². The van der Waals surface area contributed by atoms with Crippen LogP contribution in [0.25, 0.3) is 0 Å². The van der Waals surface area contributed by atoms with E-state index in [-0.39, 0.29) is 17.2 Å². The van der Waals surface area contributed by atoms with Crippen LogP contribution in [0.5, 0.6) is 23.0 Å². The molecule has 30 heavy (non-hydrogen) atoms. The molecule has 3 unspecified atom stereocenters. The highest BCUT2D eigenvalue weighted by molar-refractivity contribution is 14.1. The van der Waals surface area contributed by atoms with E-state index in [2.05, 4.69) is 31.9 Å². The number of aliphatic carboxylic acids is 1. The lowest BCUT2D eigenvalue weighted by Crippen LogP contribution is -2.28. The normalized spacial score (nSPS) is 13.9. The van der Waals surface area contributed by atoms with Crippen LogP contribution in [0.4, 0.5) is 0 Å². The molecule has 0 radical (unpaired) electrons. The smallest absolute Gasteiger partial charge is 0.282 e. The van der Waals surface area contributed by atoms with E-state index in [1.165, 1.54) is 26.2 Å². The van der Waals surface area contributed by atoms with Gasteiger partial charge in [-0.1, -0.05) is 22.9 Å². The first-order valence-corrected chi connectivity index (χ1v) is 12.2. The van der Waals surface area contributed by atoms with Gasteiger partial charge in [-0.15, -0.1) is 0 Å². The number of phenolic OH excluding ortho intramolecular Hbond substituents is 1. The zero-order valence-electron chi connectivity index (χ0n) is 15.4. The van der Waals surface area contributed by atoms with E-state index >= 15 is 0 Å². The van der Waals surface area contributed by atoms with Gasteiger partial charge in [0.2, 0.25) is 5.75 Å². The predicted molar refractivity (Wildman–Crippen MR) is 131 cm³/mol. The second-order valence-corrected chi connectivity index (χ2v) is 10.3. The number of nitro groups is 1. The molecule has 0 fully saturated rings. The van der Waals surface area contributed by atoms with Gasteiger partial charge in [-0.2, -0.15) is 0 Å². The number of nitrogens with zero attached hydrogens (tertiary/aromatic N) is 1. The Hall–Kier alpha value is -0.870. The summed E-state index contributed by atoms with van der Waals surface area (Å²) >= 11 is 10.3. The molecule has 12 heteroatoms. The van der Waals surface area contributed by atoms with Crippen molar-refractivity contribution >= 4 is 83.0 Å². The number of carbonyl (C=O) groups excluding carboxylic acids is 1. The van der Waals surface area contributed by atoms with Crippen molar-refractivity contribution in [1.29, 1.82) is 0 Å². The van der Waals surface area contributed by atoms with Crippen LogP contribution in [-0.2, 0) is 4.79 Å². The van der Waals surface area contributed by atoms with E-state index in [4.69, 9.17) is 9.47 Å². The fourth-order valence-electron chi connectivity index (χ4n) is 2.43. The summed E-state index contributed by atoms with van der Waals surface area (Å²) < 4.78 is 12.3. The number of ether oxygens (including phenoxy) is 2. The van der Waals surface area contributed by atoms with Crippen molar-refractivity contribution in [2.24, 2.45) is 0 Å². The molecule has 0 aliphatic carbocycles. The van der Waals surface area contributed by atoms with Crippen LogP contribution < -0.4 is 14.6 Å². The Morgan fingerprint density at radius 3 is 2.13 bits per heavy atom. The SMILES string of the molecule is COc1cc(C(Br)C(Br)[N+](=O)[O-])cc(Oc2c(I)cc(C(C)C(=O)[O-])cc2I)c1O. The van der Waals surface area contributed by atoms with Gasteiger partial charge in [0.25, 0.3) is 4.95 Å². The lowest BCUT2D eigenvalue weighted by Gasteiger charge is -2.19. The number of halogens is 4. The van der Waals surface area contributed by atoms with Crippen LogP contribution in [0.15, 0.2) is 24.3 Å². The van der Waals surface area contributed by atoms with E-state index in [9.17, 15) is 25.1 Å². The molecule has 2 aromatic rings. The summed E-state index contributed by atoms with van der Waals surface area (Å²) in [5, 5.41) is 32.8. The molecule has 0 heterocycles. The highest BCUT2D eigenvalue weighted by Crippen LogP contribution is 2.45. The number of methoxy groups -OCH3 is 1. The van der Waals surface area contributed by atoms with Crippen molar-refractivity contribution in [3.05, 3.63) is 52.6 Å². The van der Waals surface area contributed by atoms with E-state index in [1.54, 1.807) is 12.1 Å². The highest BCUT2D eigenvalue weighted by atomic mass is 127. The molecular formula is C18H14Br2I2NO7-. The number of hydrogen-bond acceptors (Lipinski definition) is 7. The number of phenols is 1. The number of alkyl halides is 2. The first kappa shape index (κ1) is 25.4. The number of rotatable bonds is 8. The zero-order valence-corrected chi connectivity index (χ0v) is 22.9. The summed E-state index contributed by atoms with van der Waals surface area (Å²) in [6, 6.07) is 6.26. The molecule has 2 rings (SSSR count). The maximum atomic E-state index is 11.2. The molecule has 8 nitrogen and oxygen atoms in total. The minimum atomic E-state index is -1.19. The van der Waals surface area contributed by atoms with E-state index in [1.807, 2.05) is 45.2 Å².